The van der Waals surface area contributed by atoms with E-state index in [2.05, 4.69) is 17.1 Å². The molecule has 4 rings (SSSR count). The number of carbonyl (C=O) groups is 1. The van der Waals surface area contributed by atoms with Gasteiger partial charge in [-0.2, -0.15) is 0 Å². The number of hydrogen-bond acceptors (Lipinski definition) is 3. The second-order valence-corrected chi connectivity index (χ2v) is 6.91. The lowest BCUT2D eigenvalue weighted by Crippen LogP contribution is -2.34. The minimum Gasteiger partial charge on any atom is -0.494 e. The highest BCUT2D eigenvalue weighted by Gasteiger charge is 2.40. The summed E-state index contributed by atoms with van der Waals surface area (Å²) in [6, 6.07) is 7.93. The largest absolute Gasteiger partial charge is 0.494 e. The zero-order chi connectivity index (χ0) is 16.7. The van der Waals surface area contributed by atoms with E-state index in [1.54, 1.807) is 13.3 Å². The third kappa shape index (κ3) is 2.46. The Kier molecular flexibility index (Phi) is 3.75. The quantitative estimate of drug-likeness (QED) is 0.810. The molecule has 1 heterocycles. The van der Waals surface area contributed by atoms with Gasteiger partial charge in [-0.25, -0.2) is 0 Å². The molecule has 0 unspecified atom stereocenters. The predicted molar refractivity (Wildman–Crippen MR) is 93.6 cm³/mol. The maximum atomic E-state index is 12.9. The van der Waals surface area contributed by atoms with Gasteiger partial charge in [-0.15, -0.1) is 0 Å². The number of methoxy groups -OCH3 is 1. The van der Waals surface area contributed by atoms with Crippen LogP contribution in [0.25, 0.3) is 10.9 Å². The van der Waals surface area contributed by atoms with E-state index < -0.39 is 0 Å². The molecule has 1 aromatic carbocycles. The van der Waals surface area contributed by atoms with Crippen LogP contribution in [0.3, 0.4) is 0 Å². The highest BCUT2D eigenvalue weighted by molar-refractivity contribution is 5.88. The van der Waals surface area contributed by atoms with E-state index in [1.165, 1.54) is 0 Å². The molecule has 0 radical (unpaired) electrons. The van der Waals surface area contributed by atoms with Crippen molar-refractivity contribution in [3.8, 4) is 5.75 Å². The topological polar surface area (TPSA) is 42.4 Å². The molecule has 0 saturated heterocycles. The van der Waals surface area contributed by atoms with Crippen LogP contribution in [0.4, 0.5) is 0 Å². The van der Waals surface area contributed by atoms with Crippen molar-refractivity contribution in [1.82, 2.24) is 9.88 Å². The standard InChI is InChI=1S/C20H22N2O2/c1-22(20(23)17-11-13-5-6-14(17)10-13)12-15-7-8-18(24-2)19-16(15)4-3-9-21-19/h3-9,13-14,17H,10-12H2,1-2H3/t13-,14+,17+/m0/s1. The fourth-order valence-corrected chi connectivity index (χ4v) is 4.19. The number of amides is 1. The Morgan fingerprint density at radius 1 is 1.29 bits per heavy atom. The number of pyridine rings is 1. The van der Waals surface area contributed by atoms with Crippen molar-refractivity contribution < 1.29 is 9.53 Å². The number of aromatic nitrogens is 1. The van der Waals surface area contributed by atoms with Gasteiger partial charge in [0.2, 0.25) is 5.91 Å². The molecule has 24 heavy (non-hydrogen) atoms. The summed E-state index contributed by atoms with van der Waals surface area (Å²) < 4.78 is 5.40. The van der Waals surface area contributed by atoms with E-state index in [0.717, 1.165) is 35.1 Å². The first kappa shape index (κ1) is 15.2. The SMILES string of the molecule is COc1ccc(CN(C)C(=O)[C@@H]2C[C@H]3C=C[C@@H]2C3)c2cccnc12. The maximum Gasteiger partial charge on any atom is 0.226 e. The van der Waals surface area contributed by atoms with E-state index in [4.69, 9.17) is 4.74 Å². The first-order valence-corrected chi connectivity index (χ1v) is 8.51. The summed E-state index contributed by atoms with van der Waals surface area (Å²) in [6.07, 6.45) is 8.44. The van der Waals surface area contributed by atoms with E-state index in [-0.39, 0.29) is 11.8 Å². The molecule has 2 bridgehead atoms. The lowest BCUT2D eigenvalue weighted by molar-refractivity contribution is -0.135. The summed E-state index contributed by atoms with van der Waals surface area (Å²) in [5.41, 5.74) is 1.95. The molecular formula is C20H22N2O2. The van der Waals surface area contributed by atoms with E-state index in [1.807, 2.05) is 36.2 Å². The molecule has 4 nitrogen and oxygen atoms in total. The number of ether oxygens (including phenoxy) is 1. The zero-order valence-corrected chi connectivity index (χ0v) is 14.1. The Bertz CT molecular complexity index is 814. The molecule has 0 N–H and O–H groups in total. The number of hydrogen-bond donors (Lipinski definition) is 0. The van der Waals surface area contributed by atoms with Crippen molar-refractivity contribution in [3.05, 3.63) is 48.2 Å². The molecule has 0 aliphatic heterocycles. The number of benzene rings is 1. The van der Waals surface area contributed by atoms with Crippen LogP contribution in [-0.4, -0.2) is 29.9 Å². The van der Waals surface area contributed by atoms with Gasteiger partial charge < -0.3 is 9.64 Å². The monoisotopic (exact) mass is 322 g/mol. The van der Waals surface area contributed by atoms with Crippen LogP contribution in [0, 0.1) is 17.8 Å². The van der Waals surface area contributed by atoms with Gasteiger partial charge in [0.1, 0.15) is 11.3 Å². The molecule has 1 fully saturated rings. The zero-order valence-electron chi connectivity index (χ0n) is 14.1. The van der Waals surface area contributed by atoms with Crippen molar-refractivity contribution in [2.75, 3.05) is 14.2 Å². The molecule has 3 atom stereocenters. The van der Waals surface area contributed by atoms with E-state index >= 15 is 0 Å². The minimum atomic E-state index is 0.160. The second kappa shape index (κ2) is 5.93. The minimum absolute atomic E-state index is 0.160. The highest BCUT2D eigenvalue weighted by Crippen LogP contribution is 2.44. The number of rotatable bonds is 4. The third-order valence-electron chi connectivity index (χ3n) is 5.42. The van der Waals surface area contributed by atoms with Crippen molar-refractivity contribution in [2.24, 2.45) is 17.8 Å². The predicted octanol–water partition coefficient (Wildman–Crippen LogP) is 3.41. The summed E-state index contributed by atoms with van der Waals surface area (Å²) in [4.78, 5) is 19.2. The second-order valence-electron chi connectivity index (χ2n) is 6.91. The Balaban J connectivity index is 1.58. The third-order valence-corrected chi connectivity index (χ3v) is 5.42. The van der Waals surface area contributed by atoms with Gasteiger partial charge in [-0.3, -0.25) is 9.78 Å². The van der Waals surface area contributed by atoms with Crippen LogP contribution in [0.1, 0.15) is 18.4 Å². The smallest absolute Gasteiger partial charge is 0.226 e. The van der Waals surface area contributed by atoms with Gasteiger partial charge in [-0.1, -0.05) is 24.3 Å². The molecule has 1 saturated carbocycles. The molecule has 2 aliphatic rings. The Hall–Kier alpha value is -2.36. The van der Waals surface area contributed by atoms with E-state index in [9.17, 15) is 4.79 Å². The van der Waals surface area contributed by atoms with Crippen LogP contribution in [0.2, 0.25) is 0 Å². The Morgan fingerprint density at radius 3 is 2.88 bits per heavy atom. The Morgan fingerprint density at radius 2 is 2.17 bits per heavy atom. The molecule has 0 spiro atoms. The normalized spacial score (nSPS) is 24.5. The van der Waals surface area contributed by atoms with Crippen molar-refractivity contribution in [2.45, 2.75) is 19.4 Å². The van der Waals surface area contributed by atoms with Gasteiger partial charge in [0.25, 0.3) is 0 Å². The number of carbonyl (C=O) groups excluding carboxylic acids is 1. The Labute approximate surface area is 142 Å². The number of allylic oxidation sites excluding steroid dienone is 2. The average Bonchev–Trinajstić information content (AvgIpc) is 3.24. The summed E-state index contributed by atoms with van der Waals surface area (Å²) in [7, 11) is 3.56. The van der Waals surface area contributed by atoms with Gasteiger partial charge >= 0.3 is 0 Å². The summed E-state index contributed by atoms with van der Waals surface area (Å²) in [6.45, 7) is 0.600. The average molecular weight is 322 g/mol. The molecular weight excluding hydrogens is 300 g/mol. The summed E-state index contributed by atoms with van der Waals surface area (Å²) in [5.74, 6) is 2.25. The van der Waals surface area contributed by atoms with Gasteiger partial charge in [0, 0.05) is 31.1 Å². The van der Waals surface area contributed by atoms with Gasteiger partial charge in [0.05, 0.1) is 7.11 Å². The fraction of sp³-hybridized carbons (Fsp3) is 0.400. The summed E-state index contributed by atoms with van der Waals surface area (Å²) >= 11 is 0. The molecule has 2 aromatic rings. The van der Waals surface area contributed by atoms with Gasteiger partial charge in [0.15, 0.2) is 0 Å². The summed E-state index contributed by atoms with van der Waals surface area (Å²) in [5, 5.41) is 1.05. The molecule has 2 aliphatic carbocycles. The number of nitrogens with zero attached hydrogens (tertiary/aromatic N) is 2. The first-order chi connectivity index (χ1) is 11.7. The lowest BCUT2D eigenvalue weighted by atomic mass is 9.92. The molecule has 4 heteroatoms. The van der Waals surface area contributed by atoms with Crippen LogP contribution in [0.15, 0.2) is 42.6 Å². The maximum absolute atomic E-state index is 12.9. The van der Waals surface area contributed by atoms with Crippen molar-refractivity contribution >= 4 is 16.8 Å². The number of fused-ring (bicyclic) bond motifs is 3. The van der Waals surface area contributed by atoms with Gasteiger partial charge in [-0.05, 0) is 42.4 Å². The lowest BCUT2D eigenvalue weighted by Gasteiger charge is -2.25. The van der Waals surface area contributed by atoms with E-state index in [0.29, 0.717) is 18.4 Å². The van der Waals surface area contributed by atoms with Crippen molar-refractivity contribution in [3.63, 3.8) is 0 Å². The van der Waals surface area contributed by atoms with Crippen LogP contribution in [0.5, 0.6) is 5.75 Å². The van der Waals surface area contributed by atoms with Crippen LogP contribution in [-0.2, 0) is 11.3 Å². The first-order valence-electron chi connectivity index (χ1n) is 8.51. The van der Waals surface area contributed by atoms with Crippen LogP contribution < -0.4 is 4.74 Å². The van der Waals surface area contributed by atoms with Crippen molar-refractivity contribution in [1.29, 1.82) is 0 Å². The van der Waals surface area contributed by atoms with Crippen LogP contribution >= 0.6 is 0 Å². The molecule has 1 amide bonds. The molecule has 1 aromatic heterocycles. The molecule has 124 valence electrons. The fourth-order valence-electron chi connectivity index (χ4n) is 4.19. The highest BCUT2D eigenvalue weighted by atomic mass is 16.5.